The van der Waals surface area contributed by atoms with Gasteiger partial charge in [0.05, 0.1) is 16.5 Å². The lowest BCUT2D eigenvalue weighted by Gasteiger charge is -2.35. The van der Waals surface area contributed by atoms with Crippen molar-refractivity contribution in [2.45, 2.75) is 10.9 Å². The summed E-state index contributed by atoms with van der Waals surface area (Å²) in [6, 6.07) is 4.64. The van der Waals surface area contributed by atoms with Gasteiger partial charge in [-0.1, -0.05) is 0 Å². The molecule has 17 heavy (non-hydrogen) atoms. The molecule has 0 unspecified atom stereocenters. The number of nitrogens with zero attached hydrogens (tertiary/aromatic N) is 1. The lowest BCUT2D eigenvalue weighted by atomic mass is 10.2. The quantitative estimate of drug-likeness (QED) is 0.893. The molecule has 2 N–H and O–H groups in total. The van der Waals surface area contributed by atoms with E-state index in [0.717, 1.165) is 0 Å². The molecule has 0 aliphatic carbocycles. The van der Waals surface area contributed by atoms with Crippen molar-refractivity contribution in [2.24, 2.45) is 5.73 Å². The predicted molar refractivity (Wildman–Crippen MR) is 67.4 cm³/mol. The van der Waals surface area contributed by atoms with Crippen molar-refractivity contribution < 1.29 is 13.2 Å². The van der Waals surface area contributed by atoms with Gasteiger partial charge in [0.2, 0.25) is 10.0 Å². The van der Waals surface area contributed by atoms with Crippen LogP contribution >= 0.6 is 15.9 Å². The number of nitrogens with two attached hydrogens (primary N) is 1. The molecule has 1 aliphatic heterocycles. The highest BCUT2D eigenvalue weighted by Gasteiger charge is 2.34. The zero-order chi connectivity index (χ0) is 12.6. The third kappa shape index (κ3) is 2.33. The molecule has 5 nitrogen and oxygen atoms in total. The second kappa shape index (κ2) is 4.56. The maximum atomic E-state index is 12.1. The van der Waals surface area contributed by atoms with Gasteiger partial charge in [-0.3, -0.25) is 0 Å². The fourth-order valence-corrected chi connectivity index (χ4v) is 3.90. The van der Waals surface area contributed by atoms with Gasteiger partial charge in [0.15, 0.2) is 0 Å². The molecule has 2 rings (SSSR count). The summed E-state index contributed by atoms with van der Waals surface area (Å²) in [7, 11) is -1.88. The third-order valence-corrected chi connectivity index (χ3v) is 5.08. The molecular formula is C10H13BrN2O3S. The molecule has 1 aromatic carbocycles. The standard InChI is InChI=1S/C10H13BrN2O3S/c1-16-10-3-2-8(4-9(10)11)17(14,15)13-5-7(12)6-13/h2-4,7H,5-6,12H2,1H3. The summed E-state index contributed by atoms with van der Waals surface area (Å²) < 4.78 is 31.3. The van der Waals surface area contributed by atoms with Crippen LogP contribution < -0.4 is 10.5 Å². The summed E-state index contributed by atoms with van der Waals surface area (Å²) in [5.74, 6) is 0.601. The Morgan fingerprint density at radius 1 is 1.47 bits per heavy atom. The first kappa shape index (κ1) is 12.8. The minimum atomic E-state index is -3.41. The van der Waals surface area contributed by atoms with Gasteiger partial charge in [0.25, 0.3) is 0 Å². The fraction of sp³-hybridized carbons (Fsp3) is 0.400. The largest absolute Gasteiger partial charge is 0.496 e. The van der Waals surface area contributed by atoms with Gasteiger partial charge in [-0.25, -0.2) is 8.42 Å². The molecule has 0 bridgehead atoms. The minimum absolute atomic E-state index is 0.0496. The Balaban J connectivity index is 2.31. The van der Waals surface area contributed by atoms with Gasteiger partial charge in [0, 0.05) is 19.1 Å². The highest BCUT2D eigenvalue weighted by atomic mass is 79.9. The average molecular weight is 321 g/mol. The molecule has 1 aromatic rings. The number of sulfonamides is 1. The van der Waals surface area contributed by atoms with E-state index in [1.165, 1.54) is 23.5 Å². The second-order valence-electron chi connectivity index (χ2n) is 3.88. The molecule has 7 heteroatoms. The van der Waals surface area contributed by atoms with Crippen LogP contribution in [-0.2, 0) is 10.0 Å². The topological polar surface area (TPSA) is 72.6 Å². The molecule has 0 radical (unpaired) electrons. The van der Waals surface area contributed by atoms with Crippen LogP contribution in [0.2, 0.25) is 0 Å². The Morgan fingerprint density at radius 3 is 2.59 bits per heavy atom. The fourth-order valence-electron chi connectivity index (χ4n) is 1.62. The smallest absolute Gasteiger partial charge is 0.243 e. The lowest BCUT2D eigenvalue weighted by Crippen LogP contribution is -2.57. The van der Waals surface area contributed by atoms with E-state index in [9.17, 15) is 8.42 Å². The summed E-state index contributed by atoms with van der Waals surface area (Å²) >= 11 is 3.27. The van der Waals surface area contributed by atoms with Crippen LogP contribution in [-0.4, -0.2) is 39.0 Å². The number of benzene rings is 1. The minimum Gasteiger partial charge on any atom is -0.496 e. The molecular weight excluding hydrogens is 308 g/mol. The van der Waals surface area contributed by atoms with Crippen LogP contribution in [0.4, 0.5) is 0 Å². The van der Waals surface area contributed by atoms with Crippen LogP contribution in [0.5, 0.6) is 5.75 Å². The molecule has 0 amide bonds. The monoisotopic (exact) mass is 320 g/mol. The molecule has 0 spiro atoms. The van der Waals surface area contributed by atoms with E-state index in [1.54, 1.807) is 6.07 Å². The second-order valence-corrected chi connectivity index (χ2v) is 6.67. The van der Waals surface area contributed by atoms with E-state index in [4.69, 9.17) is 10.5 Å². The Kier molecular flexibility index (Phi) is 3.44. The number of ether oxygens (including phenoxy) is 1. The van der Waals surface area contributed by atoms with Gasteiger partial charge in [0.1, 0.15) is 5.75 Å². The first-order chi connectivity index (χ1) is 7.95. The van der Waals surface area contributed by atoms with Gasteiger partial charge in [-0.05, 0) is 34.1 Å². The van der Waals surface area contributed by atoms with E-state index in [2.05, 4.69) is 15.9 Å². The van der Waals surface area contributed by atoms with E-state index in [-0.39, 0.29) is 10.9 Å². The number of rotatable bonds is 3. The molecule has 0 atom stereocenters. The SMILES string of the molecule is COc1ccc(S(=O)(=O)N2CC(N)C2)cc1Br. The number of hydrogen-bond acceptors (Lipinski definition) is 4. The van der Waals surface area contributed by atoms with Crippen molar-refractivity contribution in [3.05, 3.63) is 22.7 Å². The Labute approximate surface area is 109 Å². The Morgan fingerprint density at radius 2 is 2.12 bits per heavy atom. The van der Waals surface area contributed by atoms with Crippen LogP contribution in [0.1, 0.15) is 0 Å². The lowest BCUT2D eigenvalue weighted by molar-refractivity contribution is 0.265. The first-order valence-corrected chi connectivity index (χ1v) is 7.27. The molecule has 94 valence electrons. The summed E-state index contributed by atoms with van der Waals surface area (Å²) in [6.07, 6.45) is 0. The summed E-state index contributed by atoms with van der Waals surface area (Å²) in [6.45, 7) is 0.762. The van der Waals surface area contributed by atoms with Gasteiger partial charge in [-0.15, -0.1) is 0 Å². The predicted octanol–water partition coefficient (Wildman–Crippen LogP) is 0.789. The molecule has 1 saturated heterocycles. The number of halogens is 1. The van der Waals surface area contributed by atoms with Crippen molar-refractivity contribution in [1.29, 1.82) is 0 Å². The van der Waals surface area contributed by atoms with Crippen LogP contribution in [0, 0.1) is 0 Å². The van der Waals surface area contributed by atoms with Crippen molar-refractivity contribution in [3.8, 4) is 5.75 Å². The Bertz CT molecular complexity index is 526. The average Bonchev–Trinajstić information content (AvgIpc) is 2.24. The zero-order valence-corrected chi connectivity index (χ0v) is 11.7. The number of methoxy groups -OCH3 is 1. The maximum Gasteiger partial charge on any atom is 0.243 e. The summed E-state index contributed by atoms with van der Waals surface area (Å²) in [5.41, 5.74) is 5.58. The molecule has 0 saturated carbocycles. The Hall–Kier alpha value is -0.630. The number of hydrogen-bond donors (Lipinski definition) is 1. The zero-order valence-electron chi connectivity index (χ0n) is 9.26. The van der Waals surface area contributed by atoms with E-state index in [1.807, 2.05) is 0 Å². The first-order valence-electron chi connectivity index (χ1n) is 5.04. The van der Waals surface area contributed by atoms with Gasteiger partial charge >= 0.3 is 0 Å². The van der Waals surface area contributed by atoms with Crippen molar-refractivity contribution >= 4 is 26.0 Å². The highest BCUT2D eigenvalue weighted by molar-refractivity contribution is 9.10. The third-order valence-electron chi connectivity index (χ3n) is 2.64. The normalized spacial score (nSPS) is 17.8. The highest BCUT2D eigenvalue weighted by Crippen LogP contribution is 2.29. The van der Waals surface area contributed by atoms with E-state index in [0.29, 0.717) is 23.3 Å². The maximum absolute atomic E-state index is 12.1. The van der Waals surface area contributed by atoms with Crippen molar-refractivity contribution in [3.63, 3.8) is 0 Å². The summed E-state index contributed by atoms with van der Waals surface area (Å²) in [4.78, 5) is 0.247. The van der Waals surface area contributed by atoms with Crippen LogP contribution in [0.25, 0.3) is 0 Å². The van der Waals surface area contributed by atoms with Gasteiger partial charge in [-0.2, -0.15) is 4.31 Å². The molecule has 1 fully saturated rings. The van der Waals surface area contributed by atoms with Crippen molar-refractivity contribution in [1.82, 2.24) is 4.31 Å². The van der Waals surface area contributed by atoms with Crippen molar-refractivity contribution in [2.75, 3.05) is 20.2 Å². The molecule has 1 heterocycles. The van der Waals surface area contributed by atoms with Crippen LogP contribution in [0.15, 0.2) is 27.6 Å². The van der Waals surface area contributed by atoms with Gasteiger partial charge < -0.3 is 10.5 Å². The van der Waals surface area contributed by atoms with Crippen LogP contribution in [0.3, 0.4) is 0 Å². The summed E-state index contributed by atoms with van der Waals surface area (Å²) in [5, 5.41) is 0. The molecule has 1 aliphatic rings. The molecule has 0 aromatic heterocycles. The van der Waals surface area contributed by atoms with E-state index >= 15 is 0 Å². The van der Waals surface area contributed by atoms with E-state index < -0.39 is 10.0 Å².